The minimum atomic E-state index is -0.414. The zero-order chi connectivity index (χ0) is 17.8. The van der Waals surface area contributed by atoms with Gasteiger partial charge >= 0.3 is 0 Å². The Morgan fingerprint density at radius 1 is 1.12 bits per heavy atom. The Morgan fingerprint density at radius 2 is 1.88 bits per heavy atom. The maximum atomic E-state index is 12.3. The van der Waals surface area contributed by atoms with Crippen molar-refractivity contribution in [2.75, 3.05) is 22.1 Å². The molecule has 7 nitrogen and oxygen atoms in total. The molecule has 1 aliphatic heterocycles. The molecule has 3 rings (SSSR count). The molecule has 1 unspecified atom stereocenters. The first-order valence-electron chi connectivity index (χ1n) is 7.92. The van der Waals surface area contributed by atoms with Crippen molar-refractivity contribution in [3.8, 4) is 0 Å². The van der Waals surface area contributed by atoms with Gasteiger partial charge in [0.05, 0.1) is 17.8 Å². The summed E-state index contributed by atoms with van der Waals surface area (Å²) >= 11 is 0. The predicted octanol–water partition coefficient (Wildman–Crippen LogP) is 2.03. The largest absolute Gasteiger partial charge is 0.326 e. The Morgan fingerprint density at radius 3 is 2.52 bits per heavy atom. The second-order valence-electron chi connectivity index (χ2n) is 5.86. The van der Waals surface area contributed by atoms with Crippen LogP contribution in [0.3, 0.4) is 0 Å². The van der Waals surface area contributed by atoms with Gasteiger partial charge in [-0.3, -0.25) is 19.4 Å². The first-order chi connectivity index (χ1) is 12.0. The van der Waals surface area contributed by atoms with Crippen molar-refractivity contribution in [3.05, 3.63) is 48.8 Å². The third-order valence-electron chi connectivity index (χ3n) is 3.92. The fourth-order valence-electron chi connectivity index (χ4n) is 2.74. The van der Waals surface area contributed by atoms with Crippen molar-refractivity contribution >= 4 is 34.8 Å². The van der Waals surface area contributed by atoms with Crippen LogP contribution in [0.15, 0.2) is 48.8 Å². The smallest absolute Gasteiger partial charge is 0.229 e. The maximum absolute atomic E-state index is 12.3. The van der Waals surface area contributed by atoms with E-state index in [2.05, 4.69) is 15.6 Å². The fraction of sp³-hybridized carbons (Fsp3) is 0.222. The number of benzene rings is 1. The van der Waals surface area contributed by atoms with Crippen LogP contribution in [-0.2, 0) is 14.4 Å². The van der Waals surface area contributed by atoms with Crippen LogP contribution < -0.4 is 15.5 Å². The van der Waals surface area contributed by atoms with Crippen LogP contribution >= 0.6 is 0 Å². The quantitative estimate of drug-likeness (QED) is 0.892. The van der Waals surface area contributed by atoms with Crippen LogP contribution in [0.5, 0.6) is 0 Å². The van der Waals surface area contributed by atoms with E-state index in [0.717, 1.165) is 0 Å². The third kappa shape index (κ3) is 4.00. The number of hydrogen-bond donors (Lipinski definition) is 2. The standard InChI is InChI=1S/C18H18N4O3/c1-12(23)20-14-4-6-16(7-5-14)22-11-13(9-17(22)24)18(25)21-15-3-2-8-19-10-15/h2-8,10,13H,9,11H2,1H3,(H,20,23)(H,21,25). The predicted molar refractivity (Wildman–Crippen MR) is 94.1 cm³/mol. The first kappa shape index (κ1) is 16.6. The number of carbonyl (C=O) groups is 3. The average Bonchev–Trinajstić information content (AvgIpc) is 2.98. The Balaban J connectivity index is 1.65. The van der Waals surface area contributed by atoms with Crippen molar-refractivity contribution < 1.29 is 14.4 Å². The zero-order valence-corrected chi connectivity index (χ0v) is 13.7. The number of amides is 3. The van der Waals surface area contributed by atoms with Gasteiger partial charge in [0.2, 0.25) is 17.7 Å². The van der Waals surface area contributed by atoms with Crippen molar-refractivity contribution in [2.24, 2.45) is 5.92 Å². The second-order valence-corrected chi connectivity index (χ2v) is 5.86. The van der Waals surface area contributed by atoms with Gasteiger partial charge in [0, 0.05) is 37.5 Å². The number of hydrogen-bond acceptors (Lipinski definition) is 4. The molecule has 2 N–H and O–H groups in total. The Bertz CT molecular complexity index is 790. The lowest BCUT2D eigenvalue weighted by atomic mass is 10.1. The molecule has 2 heterocycles. The lowest BCUT2D eigenvalue weighted by Gasteiger charge is -2.17. The van der Waals surface area contributed by atoms with Gasteiger partial charge in [-0.2, -0.15) is 0 Å². The SMILES string of the molecule is CC(=O)Nc1ccc(N2CC(C(=O)Nc3cccnc3)CC2=O)cc1. The van der Waals surface area contributed by atoms with Gasteiger partial charge < -0.3 is 15.5 Å². The molecule has 0 saturated carbocycles. The summed E-state index contributed by atoms with van der Waals surface area (Å²) in [5.41, 5.74) is 1.97. The lowest BCUT2D eigenvalue weighted by Crippen LogP contribution is -2.28. The van der Waals surface area contributed by atoms with Crippen molar-refractivity contribution in [3.63, 3.8) is 0 Å². The third-order valence-corrected chi connectivity index (χ3v) is 3.92. The van der Waals surface area contributed by atoms with Gasteiger partial charge in [0.1, 0.15) is 0 Å². The molecule has 0 radical (unpaired) electrons. The second kappa shape index (κ2) is 7.12. The molecule has 2 aromatic rings. The van der Waals surface area contributed by atoms with Crippen molar-refractivity contribution in [2.45, 2.75) is 13.3 Å². The summed E-state index contributed by atoms with van der Waals surface area (Å²) in [5.74, 6) is -0.864. The summed E-state index contributed by atoms with van der Waals surface area (Å²) < 4.78 is 0. The van der Waals surface area contributed by atoms with Crippen LogP contribution in [0.2, 0.25) is 0 Å². The van der Waals surface area contributed by atoms with Crippen LogP contribution in [-0.4, -0.2) is 29.3 Å². The van der Waals surface area contributed by atoms with E-state index in [0.29, 0.717) is 23.6 Å². The van der Waals surface area contributed by atoms with E-state index in [1.807, 2.05) is 0 Å². The van der Waals surface area contributed by atoms with Crippen LogP contribution in [0, 0.1) is 5.92 Å². The summed E-state index contributed by atoms with van der Waals surface area (Å²) in [6, 6.07) is 10.5. The zero-order valence-electron chi connectivity index (χ0n) is 13.7. The van der Waals surface area contributed by atoms with E-state index < -0.39 is 5.92 Å². The maximum Gasteiger partial charge on any atom is 0.229 e. The highest BCUT2D eigenvalue weighted by molar-refractivity contribution is 6.03. The van der Waals surface area contributed by atoms with Gasteiger partial charge in [0.25, 0.3) is 0 Å². The van der Waals surface area contributed by atoms with Gasteiger partial charge in [0.15, 0.2) is 0 Å². The summed E-state index contributed by atoms with van der Waals surface area (Å²) in [4.78, 5) is 41.2. The molecule has 1 aromatic heterocycles. The number of aromatic nitrogens is 1. The first-order valence-corrected chi connectivity index (χ1v) is 7.92. The molecule has 1 aliphatic rings. The molecule has 0 spiro atoms. The summed E-state index contributed by atoms with van der Waals surface area (Å²) in [5, 5.41) is 5.46. The minimum absolute atomic E-state index is 0.0985. The van der Waals surface area contributed by atoms with E-state index in [-0.39, 0.29) is 24.1 Å². The van der Waals surface area contributed by atoms with Crippen LogP contribution in [0.4, 0.5) is 17.1 Å². The van der Waals surface area contributed by atoms with Gasteiger partial charge in [-0.1, -0.05) is 0 Å². The Labute approximate surface area is 145 Å². The fourth-order valence-corrected chi connectivity index (χ4v) is 2.74. The molecule has 25 heavy (non-hydrogen) atoms. The van der Waals surface area contributed by atoms with Crippen LogP contribution in [0.25, 0.3) is 0 Å². The highest BCUT2D eigenvalue weighted by atomic mass is 16.2. The van der Waals surface area contributed by atoms with E-state index in [4.69, 9.17) is 0 Å². The number of pyridine rings is 1. The highest BCUT2D eigenvalue weighted by Crippen LogP contribution is 2.27. The molecular weight excluding hydrogens is 320 g/mol. The molecule has 128 valence electrons. The molecule has 3 amide bonds. The number of anilines is 3. The lowest BCUT2D eigenvalue weighted by molar-refractivity contribution is -0.122. The summed E-state index contributed by atoms with van der Waals surface area (Å²) in [6.07, 6.45) is 3.36. The van der Waals surface area contributed by atoms with E-state index in [1.54, 1.807) is 53.7 Å². The van der Waals surface area contributed by atoms with Crippen LogP contribution in [0.1, 0.15) is 13.3 Å². The van der Waals surface area contributed by atoms with E-state index in [1.165, 1.54) is 6.92 Å². The molecule has 1 fully saturated rings. The topological polar surface area (TPSA) is 91.4 Å². The van der Waals surface area contributed by atoms with E-state index >= 15 is 0 Å². The normalized spacial score (nSPS) is 16.6. The highest BCUT2D eigenvalue weighted by Gasteiger charge is 2.35. The summed E-state index contributed by atoms with van der Waals surface area (Å²) in [7, 11) is 0. The number of nitrogens with zero attached hydrogens (tertiary/aromatic N) is 2. The van der Waals surface area contributed by atoms with E-state index in [9.17, 15) is 14.4 Å². The Hall–Kier alpha value is -3.22. The number of nitrogens with one attached hydrogen (secondary N) is 2. The van der Waals surface area contributed by atoms with Crippen molar-refractivity contribution in [1.82, 2.24) is 4.98 Å². The van der Waals surface area contributed by atoms with Gasteiger partial charge in [-0.15, -0.1) is 0 Å². The van der Waals surface area contributed by atoms with Crippen molar-refractivity contribution in [1.29, 1.82) is 0 Å². The molecule has 1 saturated heterocycles. The molecule has 7 heteroatoms. The summed E-state index contributed by atoms with van der Waals surface area (Å²) in [6.45, 7) is 1.76. The van der Waals surface area contributed by atoms with Gasteiger partial charge in [-0.05, 0) is 36.4 Å². The average molecular weight is 338 g/mol. The molecule has 1 atom stereocenters. The molecular formula is C18H18N4O3. The number of carbonyl (C=O) groups excluding carboxylic acids is 3. The monoisotopic (exact) mass is 338 g/mol. The van der Waals surface area contributed by atoms with Gasteiger partial charge in [-0.25, -0.2) is 0 Å². The molecule has 0 bridgehead atoms. The Kier molecular flexibility index (Phi) is 4.74. The molecule has 0 aliphatic carbocycles. The molecule has 1 aromatic carbocycles. The minimum Gasteiger partial charge on any atom is -0.326 e. The number of rotatable bonds is 4.